The minimum Gasteiger partial charge on any atom is -0.456 e. The number of esters is 2. The molecule has 0 amide bonds. The van der Waals surface area contributed by atoms with Gasteiger partial charge in [-0.25, -0.2) is 0 Å². The average Bonchev–Trinajstić information content (AvgIpc) is 2.22. The van der Waals surface area contributed by atoms with Crippen LogP contribution in [0.4, 0.5) is 0 Å². The smallest absolute Gasteiger partial charge is 0.303 e. The third-order valence-corrected chi connectivity index (χ3v) is 2.58. The lowest BCUT2D eigenvalue weighted by atomic mass is 10.0. The molecule has 1 fully saturated rings. The van der Waals surface area contributed by atoms with Crippen molar-refractivity contribution in [2.75, 3.05) is 13.7 Å². The van der Waals surface area contributed by atoms with Crippen molar-refractivity contribution in [1.29, 1.82) is 0 Å². The molecule has 0 spiro atoms. The standard InChI is InChI=1S/C11H18O6/c1-6-10(16-7(2)12)11(17-8(3)13)9(14-4)5-15-6/h6,9-11H,5H2,1-4H3/t6-,9-,10-,11-/m1/s1. The Kier molecular flexibility index (Phi) is 4.89. The molecule has 0 radical (unpaired) electrons. The van der Waals surface area contributed by atoms with E-state index in [1.165, 1.54) is 21.0 Å². The summed E-state index contributed by atoms with van der Waals surface area (Å²) in [6.45, 7) is 4.66. The molecule has 1 aliphatic heterocycles. The Bertz CT molecular complexity index is 290. The van der Waals surface area contributed by atoms with Gasteiger partial charge in [0.1, 0.15) is 6.10 Å². The van der Waals surface area contributed by atoms with Gasteiger partial charge in [0.05, 0.1) is 12.7 Å². The van der Waals surface area contributed by atoms with E-state index in [9.17, 15) is 9.59 Å². The van der Waals surface area contributed by atoms with E-state index in [0.717, 1.165) is 0 Å². The molecule has 98 valence electrons. The molecular formula is C11H18O6. The Labute approximate surface area is 100 Å². The number of hydrogen-bond donors (Lipinski definition) is 0. The third-order valence-electron chi connectivity index (χ3n) is 2.58. The van der Waals surface area contributed by atoms with Gasteiger partial charge in [-0.15, -0.1) is 0 Å². The van der Waals surface area contributed by atoms with E-state index in [0.29, 0.717) is 6.61 Å². The topological polar surface area (TPSA) is 71.1 Å². The van der Waals surface area contributed by atoms with Crippen LogP contribution in [0.2, 0.25) is 0 Å². The average molecular weight is 246 g/mol. The maximum Gasteiger partial charge on any atom is 0.303 e. The van der Waals surface area contributed by atoms with Gasteiger partial charge in [0.25, 0.3) is 0 Å². The Morgan fingerprint density at radius 1 is 1.12 bits per heavy atom. The van der Waals surface area contributed by atoms with Crippen molar-refractivity contribution < 1.29 is 28.5 Å². The van der Waals surface area contributed by atoms with Gasteiger partial charge in [-0.3, -0.25) is 9.59 Å². The number of methoxy groups -OCH3 is 1. The SMILES string of the molecule is CO[C@@H]1CO[C@H](C)[C@@H](OC(C)=O)[C@@H]1OC(C)=O. The molecule has 0 N–H and O–H groups in total. The summed E-state index contributed by atoms with van der Waals surface area (Å²) in [7, 11) is 1.49. The van der Waals surface area contributed by atoms with Crippen molar-refractivity contribution in [1.82, 2.24) is 0 Å². The fourth-order valence-corrected chi connectivity index (χ4v) is 1.81. The summed E-state index contributed by atoms with van der Waals surface area (Å²) < 4.78 is 20.9. The van der Waals surface area contributed by atoms with Crippen molar-refractivity contribution in [2.24, 2.45) is 0 Å². The Balaban J connectivity index is 2.82. The highest BCUT2D eigenvalue weighted by Crippen LogP contribution is 2.23. The summed E-state index contributed by atoms with van der Waals surface area (Å²) in [6.07, 6.45) is -2.05. The quantitative estimate of drug-likeness (QED) is 0.666. The van der Waals surface area contributed by atoms with Crippen molar-refractivity contribution in [3.05, 3.63) is 0 Å². The van der Waals surface area contributed by atoms with E-state index in [2.05, 4.69) is 0 Å². The Hall–Kier alpha value is -1.14. The molecule has 0 aliphatic carbocycles. The van der Waals surface area contributed by atoms with Crippen molar-refractivity contribution >= 4 is 11.9 Å². The van der Waals surface area contributed by atoms with Gasteiger partial charge in [-0.2, -0.15) is 0 Å². The first-order valence-electron chi connectivity index (χ1n) is 5.44. The molecule has 17 heavy (non-hydrogen) atoms. The number of carbonyl (C=O) groups excluding carboxylic acids is 2. The van der Waals surface area contributed by atoms with Crippen molar-refractivity contribution in [3.8, 4) is 0 Å². The van der Waals surface area contributed by atoms with Gasteiger partial charge in [0.15, 0.2) is 12.2 Å². The predicted molar refractivity (Wildman–Crippen MR) is 57.3 cm³/mol. The minimum atomic E-state index is -0.643. The zero-order chi connectivity index (χ0) is 13.0. The van der Waals surface area contributed by atoms with E-state index in [1.54, 1.807) is 6.92 Å². The highest BCUT2D eigenvalue weighted by Gasteiger charge is 2.43. The molecule has 0 saturated carbocycles. The number of hydrogen-bond acceptors (Lipinski definition) is 6. The third kappa shape index (κ3) is 3.67. The van der Waals surface area contributed by atoms with Gasteiger partial charge in [0, 0.05) is 21.0 Å². The Morgan fingerprint density at radius 3 is 2.12 bits per heavy atom. The van der Waals surface area contributed by atoms with Gasteiger partial charge in [0.2, 0.25) is 0 Å². The molecule has 4 atom stereocenters. The lowest BCUT2D eigenvalue weighted by Gasteiger charge is -2.39. The Morgan fingerprint density at radius 2 is 1.65 bits per heavy atom. The first kappa shape index (κ1) is 13.9. The summed E-state index contributed by atoms with van der Waals surface area (Å²) in [5.74, 6) is -0.886. The van der Waals surface area contributed by atoms with E-state index in [1.807, 2.05) is 0 Å². The van der Waals surface area contributed by atoms with Crippen LogP contribution in [0.15, 0.2) is 0 Å². The van der Waals surface area contributed by atoms with E-state index >= 15 is 0 Å². The maximum absolute atomic E-state index is 11.1. The van der Waals surface area contributed by atoms with Crippen LogP contribution >= 0.6 is 0 Å². The molecule has 0 aromatic carbocycles. The van der Waals surface area contributed by atoms with Crippen LogP contribution in [-0.4, -0.2) is 50.1 Å². The largest absolute Gasteiger partial charge is 0.456 e. The normalized spacial score (nSPS) is 32.9. The molecule has 6 heteroatoms. The van der Waals surface area contributed by atoms with Crippen molar-refractivity contribution in [2.45, 2.75) is 45.2 Å². The van der Waals surface area contributed by atoms with Crippen LogP contribution in [0.1, 0.15) is 20.8 Å². The van der Waals surface area contributed by atoms with Crippen molar-refractivity contribution in [3.63, 3.8) is 0 Å². The van der Waals surface area contributed by atoms with Gasteiger partial charge in [-0.05, 0) is 6.92 Å². The highest BCUT2D eigenvalue weighted by molar-refractivity contribution is 5.67. The number of rotatable bonds is 3. The minimum absolute atomic E-state index is 0.299. The van der Waals surface area contributed by atoms with E-state index in [-0.39, 0.29) is 6.10 Å². The number of ether oxygens (including phenoxy) is 4. The first-order chi connectivity index (χ1) is 7.95. The molecular weight excluding hydrogens is 228 g/mol. The molecule has 0 unspecified atom stereocenters. The summed E-state index contributed by atoms with van der Waals surface area (Å²) in [5, 5.41) is 0. The molecule has 1 saturated heterocycles. The predicted octanol–water partition coefficient (Wildman–Crippen LogP) is 0.283. The van der Waals surface area contributed by atoms with E-state index in [4.69, 9.17) is 18.9 Å². The van der Waals surface area contributed by atoms with Crippen LogP contribution in [0.5, 0.6) is 0 Å². The second kappa shape index (κ2) is 5.97. The zero-order valence-electron chi connectivity index (χ0n) is 10.5. The monoisotopic (exact) mass is 246 g/mol. The fourth-order valence-electron chi connectivity index (χ4n) is 1.81. The van der Waals surface area contributed by atoms with Gasteiger partial charge >= 0.3 is 11.9 Å². The molecule has 0 aromatic rings. The van der Waals surface area contributed by atoms with Gasteiger partial charge in [-0.1, -0.05) is 0 Å². The molecule has 0 aromatic heterocycles. The maximum atomic E-state index is 11.1. The van der Waals surface area contributed by atoms with Gasteiger partial charge < -0.3 is 18.9 Å². The molecule has 6 nitrogen and oxygen atoms in total. The van der Waals surface area contributed by atoms with Crippen LogP contribution in [-0.2, 0) is 28.5 Å². The molecule has 1 heterocycles. The number of carbonyl (C=O) groups is 2. The van der Waals surface area contributed by atoms with Crippen LogP contribution in [0, 0.1) is 0 Å². The van der Waals surface area contributed by atoms with Crippen LogP contribution < -0.4 is 0 Å². The van der Waals surface area contributed by atoms with E-state index < -0.39 is 30.3 Å². The summed E-state index contributed by atoms with van der Waals surface area (Å²) >= 11 is 0. The van der Waals surface area contributed by atoms with Crippen LogP contribution in [0.3, 0.4) is 0 Å². The first-order valence-corrected chi connectivity index (χ1v) is 5.44. The molecule has 1 rings (SSSR count). The molecule has 0 bridgehead atoms. The van der Waals surface area contributed by atoms with Crippen LogP contribution in [0.25, 0.3) is 0 Å². The lowest BCUT2D eigenvalue weighted by Crippen LogP contribution is -2.55. The second-order valence-corrected chi connectivity index (χ2v) is 3.96. The molecule has 1 aliphatic rings. The highest BCUT2D eigenvalue weighted by atomic mass is 16.6. The summed E-state index contributed by atoms with van der Waals surface area (Å²) in [4.78, 5) is 22.1. The summed E-state index contributed by atoms with van der Waals surface area (Å²) in [5.41, 5.74) is 0. The second-order valence-electron chi connectivity index (χ2n) is 3.96. The zero-order valence-corrected chi connectivity index (χ0v) is 10.5. The fraction of sp³-hybridized carbons (Fsp3) is 0.818. The summed E-state index contributed by atoms with van der Waals surface area (Å²) in [6, 6.07) is 0. The lowest BCUT2D eigenvalue weighted by molar-refractivity contribution is -0.219.